The predicted molar refractivity (Wildman–Crippen MR) is 161 cm³/mol. The number of anilines is 1. The third-order valence-corrected chi connectivity index (χ3v) is 9.37. The van der Waals surface area contributed by atoms with Gasteiger partial charge >= 0.3 is 0 Å². The average Bonchev–Trinajstić information content (AvgIpc) is 3.48. The van der Waals surface area contributed by atoms with E-state index in [-0.39, 0.29) is 39.8 Å². The summed E-state index contributed by atoms with van der Waals surface area (Å²) in [5.41, 5.74) is 2.00. The summed E-state index contributed by atoms with van der Waals surface area (Å²) in [6, 6.07) is 19.4. The van der Waals surface area contributed by atoms with Crippen LogP contribution >= 0.6 is 11.6 Å². The molecule has 2 amide bonds. The molecule has 0 unspecified atom stereocenters. The number of sulfonamides is 1. The van der Waals surface area contributed by atoms with Crippen molar-refractivity contribution in [2.45, 2.75) is 63.1 Å². The Labute approximate surface area is 247 Å². The first-order valence-corrected chi connectivity index (χ1v) is 15.5. The number of benzene rings is 3. The first-order chi connectivity index (χ1) is 19.6. The van der Waals surface area contributed by atoms with Gasteiger partial charge in [0, 0.05) is 17.6 Å². The summed E-state index contributed by atoms with van der Waals surface area (Å²) >= 11 is 6.28. The molecular formula is C31H36ClN3O5S. The fourth-order valence-corrected chi connectivity index (χ4v) is 6.56. The Balaban J connectivity index is 1.72. The van der Waals surface area contributed by atoms with Crippen molar-refractivity contribution < 1.29 is 22.7 Å². The maximum atomic E-state index is 14.1. The Morgan fingerprint density at radius 2 is 1.68 bits per heavy atom. The SMILES string of the molecule is COc1ccc(Cl)cc1N(CC(=O)N(Cc1ccc(C)cc1)[C@@H](C)C(=O)NC1CCCC1)S(=O)(=O)c1ccccc1. The maximum absolute atomic E-state index is 14.1. The van der Waals surface area contributed by atoms with E-state index in [0.29, 0.717) is 0 Å². The van der Waals surface area contributed by atoms with E-state index >= 15 is 0 Å². The third kappa shape index (κ3) is 7.40. The Morgan fingerprint density at radius 3 is 2.32 bits per heavy atom. The summed E-state index contributed by atoms with van der Waals surface area (Å²) in [5.74, 6) is -0.574. The summed E-state index contributed by atoms with van der Waals surface area (Å²) < 4.78 is 34.4. The summed E-state index contributed by atoms with van der Waals surface area (Å²) in [7, 11) is -2.81. The van der Waals surface area contributed by atoms with Gasteiger partial charge in [-0.25, -0.2) is 8.42 Å². The lowest BCUT2D eigenvalue weighted by Crippen LogP contribution is -2.52. The zero-order valence-corrected chi connectivity index (χ0v) is 25.1. The first kappa shape index (κ1) is 30.4. The smallest absolute Gasteiger partial charge is 0.264 e. The van der Waals surface area contributed by atoms with E-state index in [2.05, 4.69) is 5.32 Å². The van der Waals surface area contributed by atoms with Crippen LogP contribution in [0.2, 0.25) is 5.02 Å². The summed E-state index contributed by atoms with van der Waals surface area (Å²) in [5, 5.41) is 3.35. The molecule has 41 heavy (non-hydrogen) atoms. The molecule has 1 aliphatic carbocycles. The average molecular weight is 598 g/mol. The van der Waals surface area contributed by atoms with Crippen LogP contribution in [-0.4, -0.2) is 50.9 Å². The zero-order valence-electron chi connectivity index (χ0n) is 23.5. The molecule has 1 atom stereocenters. The number of amides is 2. The van der Waals surface area contributed by atoms with E-state index in [4.69, 9.17) is 16.3 Å². The van der Waals surface area contributed by atoms with Crippen LogP contribution in [0.3, 0.4) is 0 Å². The molecule has 0 saturated heterocycles. The molecule has 10 heteroatoms. The second-order valence-corrected chi connectivity index (χ2v) is 12.6. The monoisotopic (exact) mass is 597 g/mol. The molecule has 1 N–H and O–H groups in total. The Bertz CT molecular complexity index is 1460. The van der Waals surface area contributed by atoms with Gasteiger partial charge in [-0.05, 0) is 62.6 Å². The molecule has 0 aromatic heterocycles. The van der Waals surface area contributed by atoms with E-state index in [1.807, 2.05) is 31.2 Å². The van der Waals surface area contributed by atoms with Crippen molar-refractivity contribution in [2.75, 3.05) is 18.0 Å². The van der Waals surface area contributed by atoms with Crippen molar-refractivity contribution in [3.05, 3.63) is 88.9 Å². The summed E-state index contributed by atoms with van der Waals surface area (Å²) in [6.45, 7) is 3.20. The topological polar surface area (TPSA) is 96.0 Å². The third-order valence-electron chi connectivity index (χ3n) is 7.36. The van der Waals surface area contributed by atoms with Crippen molar-refractivity contribution in [2.24, 2.45) is 0 Å². The van der Waals surface area contributed by atoms with Gasteiger partial charge < -0.3 is 15.0 Å². The molecule has 3 aromatic carbocycles. The molecule has 4 rings (SSSR count). The van der Waals surface area contributed by atoms with Gasteiger partial charge in [0.05, 0.1) is 17.7 Å². The Hall–Kier alpha value is -3.56. The van der Waals surface area contributed by atoms with Crippen LogP contribution in [0, 0.1) is 6.92 Å². The summed E-state index contributed by atoms with van der Waals surface area (Å²) in [4.78, 5) is 28.9. The highest BCUT2D eigenvalue weighted by atomic mass is 35.5. The maximum Gasteiger partial charge on any atom is 0.264 e. The largest absolute Gasteiger partial charge is 0.495 e. The Kier molecular flexibility index (Phi) is 9.94. The fourth-order valence-electron chi connectivity index (χ4n) is 4.96. The number of aryl methyl sites for hydroxylation is 1. The Morgan fingerprint density at radius 1 is 1.02 bits per heavy atom. The van der Waals surface area contributed by atoms with Crippen molar-refractivity contribution in [3.63, 3.8) is 0 Å². The molecule has 0 heterocycles. The minimum atomic E-state index is -4.23. The highest BCUT2D eigenvalue weighted by molar-refractivity contribution is 7.92. The number of carbonyl (C=O) groups excluding carboxylic acids is 2. The number of nitrogens with zero attached hydrogens (tertiary/aromatic N) is 2. The van der Waals surface area contributed by atoms with Gasteiger partial charge in [0.25, 0.3) is 10.0 Å². The van der Waals surface area contributed by atoms with Gasteiger partial charge in [-0.3, -0.25) is 13.9 Å². The van der Waals surface area contributed by atoms with Crippen molar-refractivity contribution in [1.29, 1.82) is 0 Å². The molecule has 3 aromatic rings. The molecule has 0 spiro atoms. The standard InChI is InChI=1S/C31H36ClN3O5S/c1-22-13-15-24(16-14-22)20-34(23(2)31(37)33-26-9-7-8-10-26)30(36)21-35(28-19-25(32)17-18-29(28)40-3)41(38,39)27-11-5-4-6-12-27/h4-6,11-19,23,26H,7-10,20-21H2,1-3H3,(H,33,37)/t23-/m0/s1. The number of rotatable bonds is 11. The number of carbonyl (C=O) groups is 2. The van der Waals surface area contributed by atoms with Crippen LogP contribution < -0.4 is 14.4 Å². The number of hydrogen-bond donors (Lipinski definition) is 1. The van der Waals surface area contributed by atoms with Crippen molar-refractivity contribution in [1.82, 2.24) is 10.2 Å². The highest BCUT2D eigenvalue weighted by Gasteiger charge is 2.34. The molecule has 218 valence electrons. The van der Waals surface area contributed by atoms with Crippen LogP contribution in [0.15, 0.2) is 77.7 Å². The normalized spacial score (nSPS) is 14.3. The lowest BCUT2D eigenvalue weighted by atomic mass is 10.1. The van der Waals surface area contributed by atoms with Gasteiger partial charge in [-0.1, -0.05) is 72.5 Å². The second kappa shape index (κ2) is 13.4. The van der Waals surface area contributed by atoms with Crippen LogP contribution in [0.5, 0.6) is 5.75 Å². The lowest BCUT2D eigenvalue weighted by Gasteiger charge is -2.33. The van der Waals surface area contributed by atoms with Crippen LogP contribution in [0.1, 0.15) is 43.7 Å². The van der Waals surface area contributed by atoms with Gasteiger partial charge in [0.1, 0.15) is 18.3 Å². The lowest BCUT2D eigenvalue weighted by molar-refractivity contribution is -0.139. The second-order valence-electron chi connectivity index (χ2n) is 10.3. The molecule has 8 nitrogen and oxygen atoms in total. The number of ether oxygens (including phenoxy) is 1. The molecule has 1 fully saturated rings. The number of nitrogens with one attached hydrogen (secondary N) is 1. The molecular weight excluding hydrogens is 562 g/mol. The van der Waals surface area contributed by atoms with Crippen LogP contribution in [-0.2, 0) is 26.2 Å². The predicted octanol–water partition coefficient (Wildman–Crippen LogP) is 5.33. The van der Waals surface area contributed by atoms with Gasteiger partial charge in [0.2, 0.25) is 11.8 Å². The molecule has 0 radical (unpaired) electrons. The van der Waals surface area contributed by atoms with E-state index in [9.17, 15) is 18.0 Å². The van der Waals surface area contributed by atoms with Crippen molar-refractivity contribution >= 4 is 39.1 Å². The van der Waals surface area contributed by atoms with Gasteiger partial charge in [-0.2, -0.15) is 0 Å². The molecule has 1 saturated carbocycles. The van der Waals surface area contributed by atoms with E-state index in [1.54, 1.807) is 37.3 Å². The summed E-state index contributed by atoms with van der Waals surface area (Å²) in [6.07, 6.45) is 3.92. The number of halogens is 1. The molecule has 1 aliphatic rings. The van der Waals surface area contributed by atoms with E-state index in [0.717, 1.165) is 41.1 Å². The quantitative estimate of drug-likeness (QED) is 0.322. The highest BCUT2D eigenvalue weighted by Crippen LogP contribution is 2.35. The first-order valence-electron chi connectivity index (χ1n) is 13.7. The van der Waals surface area contributed by atoms with E-state index < -0.39 is 28.5 Å². The zero-order chi connectivity index (χ0) is 29.6. The van der Waals surface area contributed by atoms with E-state index in [1.165, 1.54) is 30.2 Å². The van der Waals surface area contributed by atoms with Gasteiger partial charge in [0.15, 0.2) is 0 Å². The fraction of sp³-hybridized carbons (Fsp3) is 0.355. The molecule has 0 aliphatic heterocycles. The van der Waals surface area contributed by atoms with Crippen LogP contribution in [0.4, 0.5) is 5.69 Å². The molecule has 0 bridgehead atoms. The minimum absolute atomic E-state index is 0.00642. The minimum Gasteiger partial charge on any atom is -0.495 e. The van der Waals surface area contributed by atoms with Crippen LogP contribution in [0.25, 0.3) is 0 Å². The number of hydrogen-bond acceptors (Lipinski definition) is 5. The van der Waals surface area contributed by atoms with Gasteiger partial charge in [-0.15, -0.1) is 0 Å². The number of methoxy groups -OCH3 is 1. The van der Waals surface area contributed by atoms with Crippen molar-refractivity contribution in [3.8, 4) is 5.75 Å².